The Labute approximate surface area is 291 Å². The number of hydrogen-bond donors (Lipinski definition) is 1. The number of hydrogen-bond acceptors (Lipinski definition) is 1. The minimum atomic E-state index is 0.861. The molecule has 0 fully saturated rings. The molecule has 9 rings (SSSR count). The van der Waals surface area contributed by atoms with Crippen LogP contribution in [0.2, 0.25) is 0 Å². The fourth-order valence-electron chi connectivity index (χ4n) is 8.00. The molecule has 8 aromatic rings. The molecule has 0 aliphatic carbocycles. The van der Waals surface area contributed by atoms with Crippen molar-refractivity contribution in [1.29, 1.82) is 5.41 Å². The molecule has 0 atom stereocenters. The van der Waals surface area contributed by atoms with Crippen molar-refractivity contribution in [2.24, 2.45) is 0 Å². The molecule has 2 aromatic heterocycles. The second-order valence-electron chi connectivity index (χ2n) is 13.1. The van der Waals surface area contributed by atoms with Gasteiger partial charge in [-0.05, 0) is 112 Å². The third-order valence-electron chi connectivity index (χ3n) is 10.2. The van der Waals surface area contributed by atoms with E-state index in [0.717, 1.165) is 45.5 Å². The molecule has 3 heteroatoms. The van der Waals surface area contributed by atoms with Crippen LogP contribution in [0, 0.1) is 5.41 Å². The lowest BCUT2D eigenvalue weighted by Gasteiger charge is -2.21. The van der Waals surface area contributed by atoms with Crippen molar-refractivity contribution in [1.82, 2.24) is 9.13 Å². The maximum atomic E-state index is 7.48. The predicted molar refractivity (Wildman–Crippen MR) is 214 cm³/mol. The quantitative estimate of drug-likeness (QED) is 0.133. The van der Waals surface area contributed by atoms with Gasteiger partial charge in [-0.25, -0.2) is 0 Å². The zero-order chi connectivity index (χ0) is 33.9. The van der Waals surface area contributed by atoms with E-state index in [0.29, 0.717) is 0 Å². The molecule has 0 spiro atoms. The van der Waals surface area contributed by atoms with Gasteiger partial charge in [-0.1, -0.05) is 98.1 Å². The third-order valence-corrected chi connectivity index (χ3v) is 10.2. The molecule has 0 unspecified atom stereocenters. The van der Waals surface area contributed by atoms with Crippen molar-refractivity contribution < 1.29 is 0 Å². The van der Waals surface area contributed by atoms with Gasteiger partial charge in [-0.2, -0.15) is 0 Å². The van der Waals surface area contributed by atoms with E-state index in [-0.39, 0.29) is 0 Å². The highest BCUT2D eigenvalue weighted by Crippen LogP contribution is 2.46. The summed E-state index contributed by atoms with van der Waals surface area (Å²) in [4.78, 5) is 0. The maximum absolute atomic E-state index is 7.48. The zero-order valence-electron chi connectivity index (χ0n) is 27.9. The van der Waals surface area contributed by atoms with E-state index in [1.807, 2.05) is 18.2 Å². The Morgan fingerprint density at radius 1 is 0.680 bits per heavy atom. The average molecular weight is 642 g/mol. The summed E-state index contributed by atoms with van der Waals surface area (Å²) in [5, 5.41) is 12.6. The highest BCUT2D eigenvalue weighted by atomic mass is 15.0. The summed E-state index contributed by atoms with van der Waals surface area (Å²) in [6.45, 7) is 10.4. The molecular weight excluding hydrogens is 607 g/mol. The first-order valence-electron chi connectivity index (χ1n) is 17.0. The summed E-state index contributed by atoms with van der Waals surface area (Å²) in [7, 11) is 0. The molecular formula is C47H35N3. The Bertz CT molecular complexity index is 2800. The fourth-order valence-corrected chi connectivity index (χ4v) is 8.00. The Balaban J connectivity index is 1.32. The van der Waals surface area contributed by atoms with Crippen LogP contribution in [-0.4, -0.2) is 15.3 Å². The smallest absolute Gasteiger partial charge is 0.0584 e. The highest BCUT2D eigenvalue weighted by Gasteiger charge is 2.26. The molecule has 1 aliphatic rings. The van der Waals surface area contributed by atoms with Crippen LogP contribution in [0.1, 0.15) is 29.2 Å². The van der Waals surface area contributed by atoms with Gasteiger partial charge in [0.2, 0.25) is 0 Å². The SMILES string of the molecule is C=C/C=C(\C)c1cc(C(=C)/C=C\C=N)cc(-c2cccc(-n3c4ccccc4c4c5c6ccccc6n6c5c(cc43)Cc3ccccc3-6)c2)c1. The second kappa shape index (κ2) is 11.6. The lowest BCUT2D eigenvalue weighted by molar-refractivity contribution is 1.04. The number of fused-ring (bicyclic) bond motifs is 9. The Morgan fingerprint density at radius 2 is 1.40 bits per heavy atom. The number of aromatic nitrogens is 2. The van der Waals surface area contributed by atoms with Crippen LogP contribution < -0.4 is 0 Å². The number of benzene rings is 6. The lowest BCUT2D eigenvalue weighted by Crippen LogP contribution is -2.08. The van der Waals surface area contributed by atoms with E-state index in [4.69, 9.17) is 5.41 Å². The van der Waals surface area contributed by atoms with Crippen LogP contribution in [0.15, 0.2) is 159 Å². The molecule has 3 nitrogen and oxygen atoms in total. The molecule has 6 aromatic carbocycles. The summed E-state index contributed by atoms with van der Waals surface area (Å²) in [6.07, 6.45) is 9.64. The summed E-state index contributed by atoms with van der Waals surface area (Å²) in [6, 6.07) is 44.5. The van der Waals surface area contributed by atoms with Crippen molar-refractivity contribution in [2.45, 2.75) is 13.3 Å². The van der Waals surface area contributed by atoms with Gasteiger partial charge in [0.25, 0.3) is 0 Å². The molecule has 3 heterocycles. The van der Waals surface area contributed by atoms with Crippen molar-refractivity contribution in [2.75, 3.05) is 0 Å². The molecule has 50 heavy (non-hydrogen) atoms. The van der Waals surface area contributed by atoms with Gasteiger partial charge >= 0.3 is 0 Å². The van der Waals surface area contributed by atoms with Crippen molar-refractivity contribution in [3.8, 4) is 22.5 Å². The van der Waals surface area contributed by atoms with Crippen LogP contribution in [0.5, 0.6) is 0 Å². The average Bonchev–Trinajstić information content (AvgIpc) is 3.67. The number of para-hydroxylation sites is 3. The first-order chi connectivity index (χ1) is 24.6. The molecule has 0 saturated heterocycles. The van der Waals surface area contributed by atoms with Gasteiger partial charge in [0.05, 0.1) is 22.1 Å². The first-order valence-corrected chi connectivity index (χ1v) is 17.0. The van der Waals surface area contributed by atoms with Crippen LogP contribution in [-0.2, 0) is 6.42 Å². The standard InChI is InChI=1S/C47H35N3/c1-4-13-30(2)34-25-35(31(3)14-12-23-48)27-36(26-34)32-16-11-17-38(28-32)49-42-21-9-6-18-39(42)45-44(49)29-37-24-33-15-5-8-20-41(33)50-43-22-10-7-19-40(43)46(45)47(37)50/h4-23,25-29,48H,1,3,24H2,2H3/b14-12-,30-13+,48-23?. The lowest BCUT2D eigenvalue weighted by atomic mass is 9.93. The number of allylic oxidation sites excluding steroid dienone is 6. The monoisotopic (exact) mass is 641 g/mol. The molecule has 238 valence electrons. The molecule has 0 bridgehead atoms. The Morgan fingerprint density at radius 3 is 2.20 bits per heavy atom. The van der Waals surface area contributed by atoms with Gasteiger partial charge in [-0.3, -0.25) is 0 Å². The maximum Gasteiger partial charge on any atom is 0.0584 e. The van der Waals surface area contributed by atoms with E-state index >= 15 is 0 Å². The van der Waals surface area contributed by atoms with Crippen molar-refractivity contribution >= 4 is 61.0 Å². The van der Waals surface area contributed by atoms with Crippen molar-refractivity contribution in [3.05, 3.63) is 181 Å². The van der Waals surface area contributed by atoms with Crippen LogP contribution >= 0.6 is 0 Å². The van der Waals surface area contributed by atoms with E-state index in [1.165, 1.54) is 66.6 Å². The summed E-state index contributed by atoms with van der Waals surface area (Å²) in [5.74, 6) is 0. The largest absolute Gasteiger partial charge is 0.309 e. The van der Waals surface area contributed by atoms with E-state index < -0.39 is 0 Å². The predicted octanol–water partition coefficient (Wildman–Crippen LogP) is 12.3. The van der Waals surface area contributed by atoms with Gasteiger partial charge < -0.3 is 14.5 Å². The van der Waals surface area contributed by atoms with Crippen molar-refractivity contribution in [3.63, 3.8) is 0 Å². The van der Waals surface area contributed by atoms with Crippen LogP contribution in [0.25, 0.3) is 77.3 Å². The van der Waals surface area contributed by atoms with Crippen LogP contribution in [0.4, 0.5) is 0 Å². The van der Waals surface area contributed by atoms with Gasteiger partial charge in [0.1, 0.15) is 0 Å². The molecule has 0 radical (unpaired) electrons. The van der Waals surface area contributed by atoms with Gasteiger partial charge in [-0.15, -0.1) is 0 Å². The minimum Gasteiger partial charge on any atom is -0.309 e. The topological polar surface area (TPSA) is 33.7 Å². The third kappa shape index (κ3) is 4.48. The summed E-state index contributed by atoms with van der Waals surface area (Å²) >= 11 is 0. The molecule has 1 N–H and O–H groups in total. The van der Waals surface area contributed by atoms with E-state index in [2.05, 4.69) is 151 Å². The van der Waals surface area contributed by atoms with Gasteiger partial charge in [0, 0.05) is 45.6 Å². The van der Waals surface area contributed by atoms with E-state index in [1.54, 1.807) is 6.08 Å². The van der Waals surface area contributed by atoms with Gasteiger partial charge in [0.15, 0.2) is 0 Å². The van der Waals surface area contributed by atoms with Crippen LogP contribution in [0.3, 0.4) is 0 Å². The zero-order valence-corrected chi connectivity index (χ0v) is 27.9. The normalized spacial score (nSPS) is 12.7. The number of nitrogens with zero attached hydrogens (tertiary/aromatic N) is 2. The molecule has 0 amide bonds. The fraction of sp³-hybridized carbons (Fsp3) is 0.0426. The highest BCUT2D eigenvalue weighted by molar-refractivity contribution is 6.29. The number of nitrogens with one attached hydrogen (secondary N) is 1. The summed E-state index contributed by atoms with van der Waals surface area (Å²) in [5.41, 5.74) is 16.4. The Hall–Kier alpha value is -6.45. The minimum absolute atomic E-state index is 0.861. The molecule has 1 aliphatic heterocycles. The number of rotatable bonds is 7. The first kappa shape index (κ1) is 29.7. The second-order valence-corrected chi connectivity index (χ2v) is 13.1. The summed E-state index contributed by atoms with van der Waals surface area (Å²) < 4.78 is 4.94. The Kier molecular flexibility index (Phi) is 6.89. The molecule has 0 saturated carbocycles. The van der Waals surface area contributed by atoms with E-state index in [9.17, 15) is 0 Å².